The molecule has 1 atom stereocenters. The molecule has 2 aromatic carbocycles. The average molecular weight is 368 g/mol. The van der Waals surface area contributed by atoms with Crippen LogP contribution in [0.1, 0.15) is 41.7 Å². The van der Waals surface area contributed by atoms with Crippen molar-refractivity contribution in [2.24, 2.45) is 11.7 Å². The number of carbonyl (C=O) groups is 1. The van der Waals surface area contributed by atoms with Crippen LogP contribution < -0.4 is 11.1 Å². The predicted molar refractivity (Wildman–Crippen MR) is 99.1 cm³/mol. The van der Waals surface area contributed by atoms with Crippen molar-refractivity contribution in [2.75, 3.05) is 0 Å². The smallest absolute Gasteiger partial charge is 0.254 e. The molecule has 140 valence electrons. The lowest BCUT2D eigenvalue weighted by molar-refractivity contribution is 0.0910. The Balaban J connectivity index is 1.82. The number of nitrogens with one attached hydrogen (secondary N) is 1. The Morgan fingerprint density at radius 1 is 1.19 bits per heavy atom. The summed E-state index contributed by atoms with van der Waals surface area (Å²) in [6.07, 6.45) is 0. The van der Waals surface area contributed by atoms with Crippen LogP contribution in [0.25, 0.3) is 11.4 Å². The topological polar surface area (TPSA) is 94.0 Å². The molecule has 27 heavy (non-hydrogen) atoms. The summed E-state index contributed by atoms with van der Waals surface area (Å²) >= 11 is 0. The second-order valence-electron chi connectivity index (χ2n) is 6.53. The maximum absolute atomic E-state index is 13.9. The SMILES string of the molecule is CC(C)C(NC(=O)c1ccccc1F)c1nc(-c2ccc(CN)cc2)no1. The number of hydrogen-bond acceptors (Lipinski definition) is 5. The zero-order valence-electron chi connectivity index (χ0n) is 15.1. The van der Waals surface area contributed by atoms with E-state index in [4.69, 9.17) is 10.3 Å². The number of nitrogens with two attached hydrogens (primary N) is 1. The highest BCUT2D eigenvalue weighted by molar-refractivity contribution is 5.94. The molecular weight excluding hydrogens is 347 g/mol. The first-order valence-corrected chi connectivity index (χ1v) is 8.68. The molecule has 3 aromatic rings. The highest BCUT2D eigenvalue weighted by Gasteiger charge is 2.26. The normalized spacial score (nSPS) is 12.2. The van der Waals surface area contributed by atoms with Gasteiger partial charge in [-0.05, 0) is 23.6 Å². The number of aromatic nitrogens is 2. The van der Waals surface area contributed by atoms with Crippen LogP contribution in [0.15, 0.2) is 53.1 Å². The monoisotopic (exact) mass is 368 g/mol. The molecule has 1 heterocycles. The molecule has 6 nitrogen and oxygen atoms in total. The molecular formula is C20H21FN4O2. The number of halogens is 1. The first-order valence-electron chi connectivity index (χ1n) is 8.68. The van der Waals surface area contributed by atoms with Gasteiger partial charge in [-0.2, -0.15) is 4.98 Å². The first-order chi connectivity index (χ1) is 13.0. The van der Waals surface area contributed by atoms with Crippen molar-refractivity contribution in [1.29, 1.82) is 0 Å². The van der Waals surface area contributed by atoms with Gasteiger partial charge < -0.3 is 15.6 Å². The van der Waals surface area contributed by atoms with E-state index in [1.54, 1.807) is 6.07 Å². The Bertz CT molecular complexity index is 922. The summed E-state index contributed by atoms with van der Waals surface area (Å²) in [5.74, 6) is -0.455. The minimum absolute atomic E-state index is 0.0275. The van der Waals surface area contributed by atoms with Gasteiger partial charge in [-0.1, -0.05) is 55.4 Å². The Morgan fingerprint density at radius 3 is 2.52 bits per heavy atom. The van der Waals surface area contributed by atoms with Crippen molar-refractivity contribution in [3.05, 3.63) is 71.4 Å². The molecule has 0 bridgehead atoms. The molecule has 0 aliphatic heterocycles. The van der Waals surface area contributed by atoms with Crippen LogP contribution in [-0.2, 0) is 6.54 Å². The fraction of sp³-hybridized carbons (Fsp3) is 0.250. The summed E-state index contributed by atoms with van der Waals surface area (Å²) in [6.45, 7) is 4.27. The number of hydrogen-bond donors (Lipinski definition) is 2. The third kappa shape index (κ3) is 4.20. The molecule has 7 heteroatoms. The van der Waals surface area contributed by atoms with Gasteiger partial charge in [-0.25, -0.2) is 4.39 Å². The van der Waals surface area contributed by atoms with E-state index in [9.17, 15) is 9.18 Å². The molecule has 3 rings (SSSR count). The number of carbonyl (C=O) groups excluding carboxylic acids is 1. The Kier molecular flexibility index (Phi) is 5.61. The average Bonchev–Trinajstić information content (AvgIpc) is 3.16. The lowest BCUT2D eigenvalue weighted by Crippen LogP contribution is -2.32. The number of amides is 1. The molecule has 0 aliphatic rings. The molecule has 0 fully saturated rings. The van der Waals surface area contributed by atoms with E-state index in [1.165, 1.54) is 18.2 Å². The fourth-order valence-corrected chi connectivity index (χ4v) is 2.65. The van der Waals surface area contributed by atoms with Gasteiger partial charge in [0, 0.05) is 12.1 Å². The molecule has 1 amide bonds. The van der Waals surface area contributed by atoms with Crippen molar-refractivity contribution in [3.63, 3.8) is 0 Å². The highest BCUT2D eigenvalue weighted by Crippen LogP contribution is 2.24. The third-order valence-electron chi connectivity index (χ3n) is 4.23. The maximum Gasteiger partial charge on any atom is 0.254 e. The number of benzene rings is 2. The quantitative estimate of drug-likeness (QED) is 0.695. The van der Waals surface area contributed by atoms with Gasteiger partial charge in [0.2, 0.25) is 11.7 Å². The van der Waals surface area contributed by atoms with Gasteiger partial charge in [0.25, 0.3) is 5.91 Å². The van der Waals surface area contributed by atoms with Gasteiger partial charge in [-0.15, -0.1) is 0 Å². The zero-order valence-corrected chi connectivity index (χ0v) is 15.1. The van der Waals surface area contributed by atoms with Crippen molar-refractivity contribution in [2.45, 2.75) is 26.4 Å². The molecule has 0 aliphatic carbocycles. The second kappa shape index (κ2) is 8.09. The Hall–Kier alpha value is -3.06. The molecule has 0 saturated carbocycles. The van der Waals surface area contributed by atoms with Crippen molar-refractivity contribution >= 4 is 5.91 Å². The first kappa shape index (κ1) is 18.7. The lowest BCUT2D eigenvalue weighted by atomic mass is 10.0. The molecule has 0 radical (unpaired) electrons. The van der Waals surface area contributed by atoms with Crippen molar-refractivity contribution in [1.82, 2.24) is 15.5 Å². The lowest BCUT2D eigenvalue weighted by Gasteiger charge is -2.18. The molecule has 1 unspecified atom stereocenters. The summed E-state index contributed by atoms with van der Waals surface area (Å²) < 4.78 is 19.2. The fourth-order valence-electron chi connectivity index (χ4n) is 2.65. The van der Waals surface area contributed by atoms with Gasteiger partial charge in [0.15, 0.2) is 0 Å². The van der Waals surface area contributed by atoms with Crippen LogP contribution in [0.3, 0.4) is 0 Å². The largest absolute Gasteiger partial charge is 0.340 e. The third-order valence-corrected chi connectivity index (χ3v) is 4.23. The molecule has 1 aromatic heterocycles. The Morgan fingerprint density at radius 2 is 1.89 bits per heavy atom. The summed E-state index contributed by atoms with van der Waals surface area (Å²) in [5.41, 5.74) is 7.36. The Labute approximate surface area is 156 Å². The van der Waals surface area contributed by atoms with E-state index in [0.717, 1.165) is 11.1 Å². The van der Waals surface area contributed by atoms with E-state index in [-0.39, 0.29) is 17.4 Å². The van der Waals surface area contributed by atoms with Gasteiger partial charge in [0.05, 0.1) is 5.56 Å². The maximum atomic E-state index is 13.9. The van der Waals surface area contributed by atoms with Crippen LogP contribution in [-0.4, -0.2) is 16.0 Å². The zero-order chi connectivity index (χ0) is 19.4. The minimum Gasteiger partial charge on any atom is -0.340 e. The van der Waals surface area contributed by atoms with Crippen LogP contribution in [0.5, 0.6) is 0 Å². The van der Waals surface area contributed by atoms with Crippen LogP contribution >= 0.6 is 0 Å². The van der Waals surface area contributed by atoms with E-state index < -0.39 is 17.8 Å². The minimum atomic E-state index is -0.580. The summed E-state index contributed by atoms with van der Waals surface area (Å²) in [4.78, 5) is 16.9. The van der Waals surface area contributed by atoms with Crippen molar-refractivity contribution < 1.29 is 13.7 Å². The number of nitrogens with zero attached hydrogens (tertiary/aromatic N) is 2. The van der Waals surface area contributed by atoms with Crippen LogP contribution in [0.2, 0.25) is 0 Å². The van der Waals surface area contributed by atoms with Gasteiger partial charge >= 0.3 is 0 Å². The second-order valence-corrected chi connectivity index (χ2v) is 6.53. The summed E-state index contributed by atoms with van der Waals surface area (Å²) in [6, 6.07) is 12.8. The van der Waals surface area contributed by atoms with E-state index in [0.29, 0.717) is 12.4 Å². The van der Waals surface area contributed by atoms with E-state index in [1.807, 2.05) is 38.1 Å². The summed E-state index contributed by atoms with van der Waals surface area (Å²) in [7, 11) is 0. The van der Waals surface area contributed by atoms with Crippen LogP contribution in [0, 0.1) is 11.7 Å². The van der Waals surface area contributed by atoms with Crippen molar-refractivity contribution in [3.8, 4) is 11.4 Å². The standard InChI is InChI=1S/C20H21FN4O2/c1-12(2)17(23-19(26)15-5-3-4-6-16(15)21)20-24-18(25-27-20)14-9-7-13(11-22)8-10-14/h3-10,12,17H,11,22H2,1-2H3,(H,23,26). The number of rotatable bonds is 6. The molecule has 0 saturated heterocycles. The molecule has 3 N–H and O–H groups in total. The highest BCUT2D eigenvalue weighted by atomic mass is 19.1. The van der Waals surface area contributed by atoms with E-state index in [2.05, 4.69) is 15.5 Å². The molecule has 0 spiro atoms. The predicted octanol–water partition coefficient (Wildman–Crippen LogP) is 3.46. The van der Waals surface area contributed by atoms with E-state index >= 15 is 0 Å². The van der Waals surface area contributed by atoms with Gasteiger partial charge in [-0.3, -0.25) is 4.79 Å². The summed E-state index contributed by atoms with van der Waals surface area (Å²) in [5, 5.41) is 6.78. The van der Waals surface area contributed by atoms with Gasteiger partial charge in [0.1, 0.15) is 11.9 Å². The van der Waals surface area contributed by atoms with Crippen LogP contribution in [0.4, 0.5) is 4.39 Å².